The third-order valence-electron chi connectivity index (χ3n) is 3.41. The van der Waals surface area contributed by atoms with Crippen molar-refractivity contribution >= 4 is 32.7 Å². The first-order valence-electron chi connectivity index (χ1n) is 6.37. The largest absolute Gasteiger partial charge is 0.366 e. The fraction of sp³-hybridized carbons (Fsp3) is 0.0625. The second kappa shape index (κ2) is 5.33. The second-order valence-electron chi connectivity index (χ2n) is 4.82. The quantitative estimate of drug-likeness (QED) is 0.772. The summed E-state index contributed by atoms with van der Waals surface area (Å²) in [5.41, 5.74) is 6.86. The Morgan fingerprint density at radius 2 is 2.00 bits per heavy atom. The van der Waals surface area contributed by atoms with Gasteiger partial charge in [-0.2, -0.15) is 0 Å². The van der Waals surface area contributed by atoms with Crippen molar-refractivity contribution in [1.82, 2.24) is 4.57 Å². The molecule has 0 aliphatic rings. The molecule has 2 aromatic carbocycles. The van der Waals surface area contributed by atoms with E-state index in [4.69, 9.17) is 5.73 Å². The fourth-order valence-electron chi connectivity index (χ4n) is 2.32. The molecule has 21 heavy (non-hydrogen) atoms. The Balaban J connectivity index is 1.97. The Morgan fingerprint density at radius 1 is 1.19 bits per heavy atom. The minimum atomic E-state index is -0.628. The van der Waals surface area contributed by atoms with Gasteiger partial charge in [0.2, 0.25) is 5.91 Å². The van der Waals surface area contributed by atoms with Gasteiger partial charge in [0, 0.05) is 32.7 Å². The molecule has 2 N–H and O–H groups in total. The first-order chi connectivity index (χ1) is 10.0. The van der Waals surface area contributed by atoms with Crippen molar-refractivity contribution in [2.24, 2.45) is 5.73 Å². The topological polar surface area (TPSA) is 48.0 Å². The molecular formula is C16H12BrFN2O. The molecule has 106 valence electrons. The molecule has 3 rings (SSSR count). The zero-order valence-corrected chi connectivity index (χ0v) is 12.6. The minimum absolute atomic E-state index is 0.178. The van der Waals surface area contributed by atoms with Crippen LogP contribution in [0, 0.1) is 5.82 Å². The monoisotopic (exact) mass is 346 g/mol. The Bertz CT molecular complexity index is 841. The van der Waals surface area contributed by atoms with Gasteiger partial charge in [-0.05, 0) is 36.4 Å². The number of nitrogens with zero attached hydrogens (tertiary/aromatic N) is 1. The third-order valence-corrected chi connectivity index (χ3v) is 3.90. The molecule has 0 aliphatic carbocycles. The van der Waals surface area contributed by atoms with Crippen LogP contribution in [0.4, 0.5) is 4.39 Å². The SMILES string of the molecule is NC(=O)c1ccc(Cn2ccc3cc(Br)ccc32)c(F)c1. The molecule has 3 nitrogen and oxygen atoms in total. The van der Waals surface area contributed by atoms with E-state index in [1.807, 2.05) is 35.0 Å². The minimum Gasteiger partial charge on any atom is -0.366 e. The molecule has 0 fully saturated rings. The molecule has 0 saturated heterocycles. The maximum Gasteiger partial charge on any atom is 0.248 e. The summed E-state index contributed by atoms with van der Waals surface area (Å²) in [7, 11) is 0. The third kappa shape index (κ3) is 2.69. The summed E-state index contributed by atoms with van der Waals surface area (Å²) in [5, 5.41) is 1.08. The summed E-state index contributed by atoms with van der Waals surface area (Å²) in [6.45, 7) is 0.399. The number of rotatable bonds is 3. The molecule has 0 spiro atoms. The van der Waals surface area contributed by atoms with Gasteiger partial charge in [-0.3, -0.25) is 4.79 Å². The summed E-state index contributed by atoms with van der Waals surface area (Å²) in [6.07, 6.45) is 1.92. The van der Waals surface area contributed by atoms with Crippen LogP contribution in [-0.4, -0.2) is 10.5 Å². The molecule has 5 heteroatoms. The van der Waals surface area contributed by atoms with E-state index in [9.17, 15) is 9.18 Å². The molecule has 0 saturated carbocycles. The number of halogens is 2. The van der Waals surface area contributed by atoms with Gasteiger partial charge in [-0.25, -0.2) is 4.39 Å². The lowest BCUT2D eigenvalue weighted by Gasteiger charge is -2.08. The molecule has 0 radical (unpaired) electrons. The van der Waals surface area contributed by atoms with Crippen LogP contribution in [0.3, 0.4) is 0 Å². The van der Waals surface area contributed by atoms with Gasteiger partial charge in [0.1, 0.15) is 5.82 Å². The summed E-state index contributed by atoms with van der Waals surface area (Å²) in [5.74, 6) is -1.05. The smallest absolute Gasteiger partial charge is 0.248 e. The molecule has 0 atom stereocenters. The Morgan fingerprint density at radius 3 is 2.71 bits per heavy atom. The van der Waals surface area contributed by atoms with Crippen molar-refractivity contribution in [2.45, 2.75) is 6.54 Å². The van der Waals surface area contributed by atoms with Crippen molar-refractivity contribution < 1.29 is 9.18 Å². The van der Waals surface area contributed by atoms with Crippen molar-refractivity contribution in [3.05, 3.63) is 70.1 Å². The van der Waals surface area contributed by atoms with Crippen molar-refractivity contribution in [2.75, 3.05) is 0 Å². The summed E-state index contributed by atoms with van der Waals surface area (Å²) in [4.78, 5) is 11.0. The van der Waals surface area contributed by atoms with E-state index < -0.39 is 11.7 Å². The zero-order valence-electron chi connectivity index (χ0n) is 11.0. The molecule has 3 aromatic rings. The number of hydrogen-bond acceptors (Lipinski definition) is 1. The lowest BCUT2D eigenvalue weighted by atomic mass is 10.1. The van der Waals surface area contributed by atoms with E-state index in [1.54, 1.807) is 12.1 Å². The Labute approximate surface area is 129 Å². The van der Waals surface area contributed by atoms with Crippen LogP contribution < -0.4 is 5.73 Å². The number of nitrogens with two attached hydrogens (primary N) is 1. The molecule has 0 bridgehead atoms. The van der Waals surface area contributed by atoms with Crippen LogP contribution in [-0.2, 0) is 6.54 Å². The van der Waals surface area contributed by atoms with Gasteiger partial charge in [0.05, 0.1) is 6.54 Å². The van der Waals surface area contributed by atoms with Gasteiger partial charge in [0.25, 0.3) is 0 Å². The van der Waals surface area contributed by atoms with Crippen molar-refractivity contribution in [1.29, 1.82) is 0 Å². The molecule has 0 unspecified atom stereocenters. The first kappa shape index (κ1) is 13.8. The summed E-state index contributed by atoms with van der Waals surface area (Å²) >= 11 is 3.43. The highest BCUT2D eigenvalue weighted by molar-refractivity contribution is 9.10. The molecule has 1 aromatic heterocycles. The molecule has 1 heterocycles. The predicted molar refractivity (Wildman–Crippen MR) is 83.7 cm³/mol. The number of carbonyl (C=O) groups excluding carboxylic acids is 1. The fourth-order valence-corrected chi connectivity index (χ4v) is 2.70. The summed E-state index contributed by atoms with van der Waals surface area (Å²) < 4.78 is 17.0. The number of amides is 1. The second-order valence-corrected chi connectivity index (χ2v) is 5.73. The normalized spacial score (nSPS) is 11.0. The van der Waals surface area contributed by atoms with Gasteiger partial charge in [-0.15, -0.1) is 0 Å². The highest BCUT2D eigenvalue weighted by Gasteiger charge is 2.09. The highest BCUT2D eigenvalue weighted by atomic mass is 79.9. The van der Waals surface area contributed by atoms with Crippen LogP contribution in [0.5, 0.6) is 0 Å². The molecule has 0 aliphatic heterocycles. The number of primary amides is 1. The van der Waals surface area contributed by atoms with Crippen LogP contribution in [0.25, 0.3) is 10.9 Å². The zero-order chi connectivity index (χ0) is 15.0. The van der Waals surface area contributed by atoms with Crippen LogP contribution in [0.2, 0.25) is 0 Å². The molecule has 1 amide bonds. The van der Waals surface area contributed by atoms with E-state index in [-0.39, 0.29) is 5.56 Å². The Hall–Kier alpha value is -2.14. The average molecular weight is 347 g/mol. The van der Waals surface area contributed by atoms with E-state index in [0.29, 0.717) is 12.1 Å². The lowest BCUT2D eigenvalue weighted by Crippen LogP contribution is -2.12. The standard InChI is InChI=1S/C16H12BrFN2O/c17-13-3-4-15-10(7-13)5-6-20(15)9-12-2-1-11(16(19)21)8-14(12)18/h1-8H,9H2,(H2,19,21). The van der Waals surface area contributed by atoms with Gasteiger partial charge in [-0.1, -0.05) is 22.0 Å². The maximum atomic E-state index is 14.0. The average Bonchev–Trinajstić information content (AvgIpc) is 2.83. The van der Waals surface area contributed by atoms with Crippen molar-refractivity contribution in [3.63, 3.8) is 0 Å². The van der Waals surface area contributed by atoms with Gasteiger partial charge in [0.15, 0.2) is 0 Å². The molecular weight excluding hydrogens is 335 g/mol. The number of aromatic nitrogens is 1. The number of carbonyl (C=O) groups is 1. The highest BCUT2D eigenvalue weighted by Crippen LogP contribution is 2.22. The van der Waals surface area contributed by atoms with E-state index in [1.165, 1.54) is 6.07 Å². The van der Waals surface area contributed by atoms with E-state index >= 15 is 0 Å². The van der Waals surface area contributed by atoms with E-state index in [0.717, 1.165) is 15.4 Å². The van der Waals surface area contributed by atoms with Crippen molar-refractivity contribution in [3.8, 4) is 0 Å². The van der Waals surface area contributed by atoms with Crippen LogP contribution in [0.15, 0.2) is 53.1 Å². The van der Waals surface area contributed by atoms with Crippen LogP contribution in [0.1, 0.15) is 15.9 Å². The van der Waals surface area contributed by atoms with Gasteiger partial charge >= 0.3 is 0 Å². The summed E-state index contributed by atoms with van der Waals surface area (Å²) in [6, 6.07) is 12.2. The Kier molecular flexibility index (Phi) is 3.51. The predicted octanol–water partition coefficient (Wildman–Crippen LogP) is 3.69. The van der Waals surface area contributed by atoms with Gasteiger partial charge < -0.3 is 10.3 Å². The number of benzene rings is 2. The first-order valence-corrected chi connectivity index (χ1v) is 7.16. The number of fused-ring (bicyclic) bond motifs is 1. The lowest BCUT2D eigenvalue weighted by molar-refractivity contribution is 0.1000. The van der Waals surface area contributed by atoms with Crippen LogP contribution >= 0.6 is 15.9 Å². The van der Waals surface area contributed by atoms with E-state index in [2.05, 4.69) is 15.9 Å². The number of hydrogen-bond donors (Lipinski definition) is 1. The maximum absolute atomic E-state index is 14.0.